The van der Waals surface area contributed by atoms with Gasteiger partial charge < -0.3 is 14.2 Å². The molecule has 1 fully saturated rings. The van der Waals surface area contributed by atoms with Crippen molar-refractivity contribution >= 4 is 38.2 Å². The number of hydrogen-bond donors (Lipinski definition) is 1. The fourth-order valence-electron chi connectivity index (χ4n) is 3.31. The molecule has 1 saturated carbocycles. The number of thiazole rings is 1. The first-order chi connectivity index (χ1) is 17.6. The zero-order valence-electron chi connectivity index (χ0n) is 19.7. The molecule has 0 bridgehead atoms. The smallest absolute Gasteiger partial charge is 0.309 e. The van der Waals surface area contributed by atoms with Gasteiger partial charge in [0.05, 0.1) is 16.8 Å². The van der Waals surface area contributed by atoms with E-state index in [-0.39, 0.29) is 33.1 Å². The first-order valence-corrected chi connectivity index (χ1v) is 13.5. The number of halogens is 2. The Morgan fingerprint density at radius 1 is 1.16 bits per heavy atom. The van der Waals surface area contributed by atoms with Gasteiger partial charge in [0.1, 0.15) is 5.82 Å². The number of anilines is 1. The molecule has 0 aliphatic heterocycles. The molecule has 1 unspecified atom stereocenters. The van der Waals surface area contributed by atoms with Crippen LogP contribution < -0.4 is 19.5 Å². The Labute approximate surface area is 215 Å². The third kappa shape index (κ3) is 6.23. The van der Waals surface area contributed by atoms with Gasteiger partial charge in [0, 0.05) is 18.6 Å². The molecule has 0 saturated heterocycles. The van der Waals surface area contributed by atoms with E-state index >= 15 is 0 Å². The van der Waals surface area contributed by atoms with Crippen LogP contribution in [0.2, 0.25) is 0 Å². The molecule has 1 aliphatic carbocycles. The number of nitrogens with zero attached hydrogens (tertiary/aromatic N) is 1. The van der Waals surface area contributed by atoms with Crippen molar-refractivity contribution in [1.29, 1.82) is 0 Å². The highest BCUT2D eigenvalue weighted by Crippen LogP contribution is 2.38. The SMILES string of the molecule is CCOc1sc(NC(=O)C(Oc2ccc(F)cc2F)c2ccc(S(=O)(=O)C3CC3)cc2)nc1OC(C)=O. The lowest BCUT2D eigenvalue weighted by Gasteiger charge is -2.19. The topological polar surface area (TPSA) is 121 Å². The fourth-order valence-corrected chi connectivity index (χ4v) is 5.78. The summed E-state index contributed by atoms with van der Waals surface area (Å²) >= 11 is 0.893. The molecule has 0 radical (unpaired) electrons. The Morgan fingerprint density at radius 3 is 2.46 bits per heavy atom. The summed E-state index contributed by atoms with van der Waals surface area (Å²) in [6, 6.07) is 8.09. The second-order valence-electron chi connectivity index (χ2n) is 8.01. The van der Waals surface area contributed by atoms with E-state index in [0.717, 1.165) is 23.5 Å². The predicted octanol–water partition coefficient (Wildman–Crippen LogP) is 4.44. The Balaban J connectivity index is 1.64. The number of carbonyl (C=O) groups excluding carboxylic acids is 2. The van der Waals surface area contributed by atoms with Crippen LogP contribution in [0.3, 0.4) is 0 Å². The van der Waals surface area contributed by atoms with Crippen molar-refractivity contribution in [1.82, 2.24) is 4.98 Å². The van der Waals surface area contributed by atoms with Gasteiger partial charge >= 0.3 is 5.97 Å². The van der Waals surface area contributed by atoms with Crippen molar-refractivity contribution in [2.75, 3.05) is 11.9 Å². The van der Waals surface area contributed by atoms with E-state index in [0.29, 0.717) is 18.9 Å². The summed E-state index contributed by atoms with van der Waals surface area (Å²) in [5.41, 5.74) is 0.206. The van der Waals surface area contributed by atoms with Crippen LogP contribution >= 0.6 is 11.3 Å². The van der Waals surface area contributed by atoms with Crippen LogP contribution in [0.15, 0.2) is 47.4 Å². The Hall–Kier alpha value is -3.58. The van der Waals surface area contributed by atoms with Crippen LogP contribution in [-0.2, 0) is 19.4 Å². The quantitative estimate of drug-likeness (QED) is 0.367. The Kier molecular flexibility index (Phi) is 7.73. The molecule has 37 heavy (non-hydrogen) atoms. The number of esters is 1. The highest BCUT2D eigenvalue weighted by molar-refractivity contribution is 7.92. The molecule has 1 heterocycles. The van der Waals surface area contributed by atoms with Gasteiger partial charge in [0.15, 0.2) is 26.5 Å². The number of sulfone groups is 1. The lowest BCUT2D eigenvalue weighted by atomic mass is 10.1. The second-order valence-corrected chi connectivity index (χ2v) is 11.2. The third-order valence-electron chi connectivity index (χ3n) is 5.16. The summed E-state index contributed by atoms with van der Waals surface area (Å²) in [6.07, 6.45) is -0.293. The molecule has 1 N–H and O–H groups in total. The van der Waals surface area contributed by atoms with Crippen LogP contribution in [0, 0.1) is 11.6 Å². The molecule has 13 heteroatoms. The van der Waals surface area contributed by atoms with Gasteiger partial charge in [-0.1, -0.05) is 23.5 Å². The summed E-state index contributed by atoms with van der Waals surface area (Å²) in [5, 5.41) is 2.26. The number of benzene rings is 2. The Morgan fingerprint density at radius 2 is 1.86 bits per heavy atom. The largest absolute Gasteiger partial charge is 0.480 e. The highest BCUT2D eigenvalue weighted by Gasteiger charge is 2.37. The maximum Gasteiger partial charge on any atom is 0.309 e. The van der Waals surface area contributed by atoms with Gasteiger partial charge in [0.2, 0.25) is 11.2 Å². The Bertz CT molecular complexity index is 1420. The number of ether oxygens (including phenoxy) is 3. The van der Waals surface area contributed by atoms with Gasteiger partial charge in [0.25, 0.3) is 11.8 Å². The van der Waals surface area contributed by atoms with E-state index in [1.54, 1.807) is 6.92 Å². The average Bonchev–Trinajstić information content (AvgIpc) is 3.64. The minimum Gasteiger partial charge on any atom is -0.480 e. The van der Waals surface area contributed by atoms with E-state index in [2.05, 4.69) is 10.3 Å². The molecule has 3 aromatic rings. The van der Waals surface area contributed by atoms with Crippen LogP contribution in [-0.4, -0.2) is 37.1 Å². The predicted molar refractivity (Wildman–Crippen MR) is 130 cm³/mol. The molecular weight excluding hydrogens is 530 g/mol. The van der Waals surface area contributed by atoms with Crippen molar-refractivity contribution in [3.8, 4) is 16.7 Å². The average molecular weight is 553 g/mol. The minimum atomic E-state index is -3.47. The number of nitrogens with one attached hydrogen (secondary N) is 1. The van der Waals surface area contributed by atoms with Crippen molar-refractivity contribution in [2.45, 2.75) is 42.9 Å². The summed E-state index contributed by atoms with van der Waals surface area (Å²) in [6.45, 7) is 3.14. The summed E-state index contributed by atoms with van der Waals surface area (Å²) in [5.74, 6) is -3.83. The van der Waals surface area contributed by atoms with Crippen molar-refractivity contribution in [2.24, 2.45) is 0 Å². The zero-order chi connectivity index (χ0) is 26.7. The number of amides is 1. The number of carbonyl (C=O) groups is 2. The normalized spacial score (nSPS) is 14.1. The van der Waals surface area contributed by atoms with Gasteiger partial charge in [-0.3, -0.25) is 14.9 Å². The molecule has 1 amide bonds. The molecule has 1 atom stereocenters. The van der Waals surface area contributed by atoms with E-state index in [1.807, 2.05) is 0 Å². The van der Waals surface area contributed by atoms with E-state index in [1.165, 1.54) is 31.2 Å². The summed E-state index contributed by atoms with van der Waals surface area (Å²) < 4.78 is 68.8. The van der Waals surface area contributed by atoms with Crippen LogP contribution in [0.1, 0.15) is 38.4 Å². The molecule has 196 valence electrons. The first-order valence-electron chi connectivity index (χ1n) is 11.2. The van der Waals surface area contributed by atoms with E-state index in [9.17, 15) is 26.8 Å². The maximum absolute atomic E-state index is 14.3. The molecule has 1 aliphatic rings. The first kappa shape index (κ1) is 26.5. The van der Waals surface area contributed by atoms with Crippen LogP contribution in [0.4, 0.5) is 13.9 Å². The maximum atomic E-state index is 14.3. The minimum absolute atomic E-state index is 0.00538. The van der Waals surface area contributed by atoms with Gasteiger partial charge in [-0.15, -0.1) is 0 Å². The third-order valence-corrected chi connectivity index (χ3v) is 8.31. The highest BCUT2D eigenvalue weighted by atomic mass is 32.2. The molecule has 0 spiro atoms. The fraction of sp³-hybridized carbons (Fsp3) is 0.292. The lowest BCUT2D eigenvalue weighted by Crippen LogP contribution is -2.26. The van der Waals surface area contributed by atoms with Gasteiger partial charge in [-0.25, -0.2) is 17.2 Å². The summed E-state index contributed by atoms with van der Waals surface area (Å²) in [7, 11) is -3.47. The van der Waals surface area contributed by atoms with Crippen LogP contribution in [0.25, 0.3) is 0 Å². The van der Waals surface area contributed by atoms with Crippen molar-refractivity contribution in [3.05, 3.63) is 59.7 Å². The molecule has 2 aromatic carbocycles. The van der Waals surface area contributed by atoms with Crippen molar-refractivity contribution in [3.63, 3.8) is 0 Å². The zero-order valence-corrected chi connectivity index (χ0v) is 21.3. The monoisotopic (exact) mass is 552 g/mol. The number of aromatic nitrogens is 1. The van der Waals surface area contributed by atoms with E-state index < -0.39 is 50.5 Å². The number of rotatable bonds is 10. The molecule has 1 aromatic heterocycles. The second kappa shape index (κ2) is 10.8. The standard InChI is InChI=1S/C24H22F2N2O7S2/c1-3-33-23-22(34-13(2)29)28-24(36-23)27-21(30)20(35-19-11-6-15(25)12-18(19)26)14-4-7-16(8-5-14)37(31,32)17-9-10-17/h4-8,11-12,17,20H,3,9-10H2,1-2H3,(H,27,28,30). The molecular formula is C24H22F2N2O7S2. The van der Waals surface area contributed by atoms with E-state index in [4.69, 9.17) is 14.2 Å². The number of hydrogen-bond acceptors (Lipinski definition) is 9. The van der Waals surface area contributed by atoms with Crippen LogP contribution in [0.5, 0.6) is 16.7 Å². The van der Waals surface area contributed by atoms with Gasteiger partial charge in [-0.05, 0) is 44.0 Å². The molecule has 4 rings (SSSR count). The lowest BCUT2D eigenvalue weighted by molar-refractivity contribution is -0.132. The molecule has 9 nitrogen and oxygen atoms in total. The summed E-state index contributed by atoms with van der Waals surface area (Å²) in [4.78, 5) is 28.8. The van der Waals surface area contributed by atoms with Crippen molar-refractivity contribution < 1.29 is 41.0 Å². The van der Waals surface area contributed by atoms with Gasteiger partial charge in [-0.2, -0.15) is 4.98 Å².